The molecule has 1 aliphatic carbocycles. The predicted molar refractivity (Wildman–Crippen MR) is 149 cm³/mol. The van der Waals surface area contributed by atoms with Crippen LogP contribution in [0.25, 0.3) is 0 Å². The van der Waals surface area contributed by atoms with Crippen molar-refractivity contribution < 1.29 is 19.1 Å². The van der Waals surface area contributed by atoms with Crippen molar-refractivity contribution in [3.05, 3.63) is 71.3 Å². The van der Waals surface area contributed by atoms with E-state index in [9.17, 15) is 14.4 Å². The van der Waals surface area contributed by atoms with Crippen molar-refractivity contribution >= 4 is 17.9 Å². The van der Waals surface area contributed by atoms with E-state index in [1.807, 2.05) is 75.4 Å². The second-order valence-corrected chi connectivity index (χ2v) is 11.3. The number of benzene rings is 2. The maximum absolute atomic E-state index is 14.4. The first-order valence-corrected chi connectivity index (χ1v) is 13.7. The average Bonchev–Trinajstić information content (AvgIpc) is 2.84. The number of nitrogens with one attached hydrogen (secondary N) is 2. The highest BCUT2D eigenvalue weighted by Crippen LogP contribution is 2.35. The first-order valence-electron chi connectivity index (χ1n) is 13.7. The molecule has 0 spiro atoms. The normalized spacial score (nSPS) is 15.9. The highest BCUT2D eigenvalue weighted by Gasteiger charge is 2.43. The molecule has 2 aromatic rings. The Labute approximate surface area is 227 Å². The van der Waals surface area contributed by atoms with Crippen LogP contribution in [0.2, 0.25) is 0 Å². The molecule has 0 saturated heterocycles. The zero-order valence-electron chi connectivity index (χ0n) is 23.6. The van der Waals surface area contributed by atoms with Gasteiger partial charge in [-0.3, -0.25) is 9.59 Å². The van der Waals surface area contributed by atoms with Crippen LogP contribution in [0, 0.1) is 12.8 Å². The summed E-state index contributed by atoms with van der Waals surface area (Å²) in [5.74, 6) is -0.635. The van der Waals surface area contributed by atoms with Gasteiger partial charge in [0.1, 0.15) is 17.7 Å². The first kappa shape index (κ1) is 29.2. The van der Waals surface area contributed by atoms with E-state index in [1.165, 1.54) is 0 Å². The van der Waals surface area contributed by atoms with Gasteiger partial charge in [-0.25, -0.2) is 4.79 Å². The van der Waals surface area contributed by atoms with Crippen molar-refractivity contribution in [2.24, 2.45) is 5.92 Å². The summed E-state index contributed by atoms with van der Waals surface area (Å²) in [4.78, 5) is 42.8. The molecule has 3 amide bonds. The van der Waals surface area contributed by atoms with Crippen LogP contribution in [0.1, 0.15) is 83.0 Å². The molecule has 7 heteroatoms. The molecule has 2 aromatic carbocycles. The highest BCUT2D eigenvalue weighted by atomic mass is 16.6. The lowest BCUT2D eigenvalue weighted by atomic mass is 9.86. The Bertz CT molecular complexity index is 1090. The summed E-state index contributed by atoms with van der Waals surface area (Å²) in [7, 11) is 0. The summed E-state index contributed by atoms with van der Waals surface area (Å²) in [5.41, 5.74) is 2.01. The van der Waals surface area contributed by atoms with Crippen LogP contribution in [0.3, 0.4) is 0 Å². The van der Waals surface area contributed by atoms with Crippen molar-refractivity contribution in [2.45, 2.75) is 97.5 Å². The van der Waals surface area contributed by atoms with Crippen molar-refractivity contribution in [2.75, 3.05) is 0 Å². The fourth-order valence-electron chi connectivity index (χ4n) is 4.65. The topological polar surface area (TPSA) is 87.7 Å². The number of carbonyl (C=O) groups excluding carboxylic acids is 3. The molecule has 7 nitrogen and oxygen atoms in total. The Morgan fingerprint density at radius 1 is 1.03 bits per heavy atom. The van der Waals surface area contributed by atoms with Crippen molar-refractivity contribution in [1.29, 1.82) is 0 Å². The molecular formula is C31H43N3O4. The van der Waals surface area contributed by atoms with Gasteiger partial charge in [0.2, 0.25) is 11.8 Å². The van der Waals surface area contributed by atoms with E-state index >= 15 is 0 Å². The SMILES string of the molecule is CCC(C)C(NC(=O)OC(C)(C)C)C(=O)N(C1CCC1)C(C(=O)NCc1ccccc1)c1ccccc1C. The van der Waals surface area contributed by atoms with Gasteiger partial charge in [0, 0.05) is 12.6 Å². The van der Waals surface area contributed by atoms with E-state index in [0.29, 0.717) is 13.0 Å². The van der Waals surface area contributed by atoms with Crippen LogP contribution in [-0.2, 0) is 20.9 Å². The Hall–Kier alpha value is -3.35. The lowest BCUT2D eigenvalue weighted by Gasteiger charge is -2.44. The third kappa shape index (κ3) is 7.59. The van der Waals surface area contributed by atoms with E-state index in [2.05, 4.69) is 10.6 Å². The number of aryl methyl sites for hydroxylation is 1. The van der Waals surface area contributed by atoms with Gasteiger partial charge in [0.05, 0.1) is 0 Å². The maximum Gasteiger partial charge on any atom is 0.408 e. The molecule has 0 aliphatic heterocycles. The number of amides is 3. The molecule has 1 fully saturated rings. The summed E-state index contributed by atoms with van der Waals surface area (Å²) in [6.07, 6.45) is 2.68. The second-order valence-electron chi connectivity index (χ2n) is 11.3. The van der Waals surface area contributed by atoms with Gasteiger partial charge >= 0.3 is 6.09 Å². The number of hydrogen-bond acceptors (Lipinski definition) is 4. The Morgan fingerprint density at radius 3 is 2.21 bits per heavy atom. The van der Waals surface area contributed by atoms with Crippen LogP contribution in [-0.4, -0.2) is 40.5 Å². The lowest BCUT2D eigenvalue weighted by molar-refractivity contribution is -0.148. The minimum absolute atomic E-state index is 0.0819. The molecule has 0 heterocycles. The molecule has 206 valence electrons. The fourth-order valence-corrected chi connectivity index (χ4v) is 4.65. The largest absolute Gasteiger partial charge is 0.444 e. The highest BCUT2D eigenvalue weighted by molar-refractivity contribution is 5.92. The molecule has 0 aromatic heterocycles. The smallest absolute Gasteiger partial charge is 0.408 e. The predicted octanol–water partition coefficient (Wildman–Crippen LogP) is 5.67. The Balaban J connectivity index is 1.99. The molecule has 3 atom stereocenters. The van der Waals surface area contributed by atoms with Gasteiger partial charge in [0.25, 0.3) is 0 Å². The maximum atomic E-state index is 14.4. The second kappa shape index (κ2) is 12.9. The van der Waals surface area contributed by atoms with Crippen LogP contribution in [0.5, 0.6) is 0 Å². The average molecular weight is 522 g/mol. The van der Waals surface area contributed by atoms with Gasteiger partial charge < -0.3 is 20.3 Å². The van der Waals surface area contributed by atoms with E-state index in [-0.39, 0.29) is 23.8 Å². The summed E-state index contributed by atoms with van der Waals surface area (Å²) < 4.78 is 5.49. The van der Waals surface area contributed by atoms with Crippen LogP contribution >= 0.6 is 0 Å². The summed E-state index contributed by atoms with van der Waals surface area (Å²) in [6.45, 7) is 11.6. The number of hydrogen-bond donors (Lipinski definition) is 2. The summed E-state index contributed by atoms with van der Waals surface area (Å²) in [6, 6.07) is 15.7. The van der Waals surface area contributed by atoms with E-state index in [1.54, 1.807) is 25.7 Å². The minimum atomic E-state index is -0.816. The van der Waals surface area contributed by atoms with Crippen molar-refractivity contribution in [3.63, 3.8) is 0 Å². The molecule has 38 heavy (non-hydrogen) atoms. The van der Waals surface area contributed by atoms with Crippen LogP contribution < -0.4 is 10.6 Å². The van der Waals surface area contributed by atoms with E-state index in [0.717, 1.165) is 36.0 Å². The first-order chi connectivity index (χ1) is 18.0. The standard InChI is InChI=1S/C31H43N3O4/c1-7-21(2)26(33-30(37)38-31(4,5)6)29(36)34(24-17-13-18-24)27(25-19-12-11-14-22(25)3)28(35)32-20-23-15-9-8-10-16-23/h8-12,14-16,19,21,24,26-27H,7,13,17-18,20H2,1-6H3,(H,32,35)(H,33,37). The number of nitrogens with zero attached hydrogens (tertiary/aromatic N) is 1. The molecule has 1 aliphatic rings. The summed E-state index contributed by atoms with van der Waals surface area (Å²) in [5, 5.41) is 5.91. The van der Waals surface area contributed by atoms with Gasteiger partial charge in [-0.1, -0.05) is 74.9 Å². The number of rotatable bonds is 10. The molecule has 0 bridgehead atoms. The number of carbonyl (C=O) groups is 3. The molecule has 3 rings (SSSR count). The van der Waals surface area contributed by atoms with Gasteiger partial charge in [-0.05, 0) is 69.6 Å². The lowest BCUT2D eigenvalue weighted by Crippen LogP contribution is -2.59. The quantitative estimate of drug-likeness (QED) is 0.422. The monoisotopic (exact) mass is 521 g/mol. The minimum Gasteiger partial charge on any atom is -0.444 e. The zero-order valence-corrected chi connectivity index (χ0v) is 23.6. The van der Waals surface area contributed by atoms with Gasteiger partial charge in [0.15, 0.2) is 0 Å². The van der Waals surface area contributed by atoms with Crippen LogP contribution in [0.4, 0.5) is 4.79 Å². The third-order valence-electron chi connectivity index (χ3n) is 7.19. The van der Waals surface area contributed by atoms with Gasteiger partial charge in [-0.2, -0.15) is 0 Å². The fraction of sp³-hybridized carbons (Fsp3) is 0.516. The van der Waals surface area contributed by atoms with E-state index < -0.39 is 23.8 Å². The van der Waals surface area contributed by atoms with Crippen molar-refractivity contribution in [1.82, 2.24) is 15.5 Å². The van der Waals surface area contributed by atoms with Gasteiger partial charge in [-0.15, -0.1) is 0 Å². The van der Waals surface area contributed by atoms with Crippen molar-refractivity contribution in [3.8, 4) is 0 Å². The van der Waals surface area contributed by atoms with Crippen LogP contribution in [0.15, 0.2) is 54.6 Å². The van der Waals surface area contributed by atoms with E-state index in [4.69, 9.17) is 4.74 Å². The summed E-state index contributed by atoms with van der Waals surface area (Å²) >= 11 is 0. The Morgan fingerprint density at radius 2 is 1.66 bits per heavy atom. The molecule has 2 N–H and O–H groups in total. The third-order valence-corrected chi connectivity index (χ3v) is 7.19. The molecule has 1 saturated carbocycles. The Kier molecular flexibility index (Phi) is 9.95. The number of ether oxygens (including phenoxy) is 1. The zero-order chi connectivity index (χ0) is 27.9. The molecule has 3 unspecified atom stereocenters. The number of alkyl carbamates (subject to hydrolysis) is 1. The molecule has 0 radical (unpaired) electrons. The molecular weight excluding hydrogens is 478 g/mol.